The van der Waals surface area contributed by atoms with E-state index in [9.17, 15) is 4.79 Å². The van der Waals surface area contributed by atoms with Gasteiger partial charge in [0.15, 0.2) is 0 Å². The average molecular weight is 294 g/mol. The van der Waals surface area contributed by atoms with E-state index in [0.717, 1.165) is 15.6 Å². The Hall–Kier alpha value is -1.52. The van der Waals surface area contributed by atoms with Gasteiger partial charge in [0.05, 0.1) is 23.4 Å². The third-order valence-corrected chi connectivity index (χ3v) is 4.01. The molecule has 0 spiro atoms. The molecule has 0 aliphatic heterocycles. The molecule has 1 aromatic carbocycles. The molecule has 98 valence electrons. The van der Waals surface area contributed by atoms with Gasteiger partial charge in [0.1, 0.15) is 0 Å². The van der Waals surface area contributed by atoms with Crippen LogP contribution in [-0.2, 0) is 10.5 Å². The van der Waals surface area contributed by atoms with Crippen LogP contribution in [0.1, 0.15) is 16.1 Å². The summed E-state index contributed by atoms with van der Waals surface area (Å²) in [6.07, 6.45) is 1.52. The van der Waals surface area contributed by atoms with Crippen molar-refractivity contribution in [3.05, 3.63) is 58.9 Å². The summed E-state index contributed by atoms with van der Waals surface area (Å²) in [6.45, 7) is 0. The molecule has 2 aromatic rings. The molecule has 0 N–H and O–H groups in total. The van der Waals surface area contributed by atoms with Gasteiger partial charge in [-0.3, -0.25) is 4.98 Å². The zero-order valence-electron chi connectivity index (χ0n) is 10.3. The number of esters is 1. The maximum Gasteiger partial charge on any atom is 0.339 e. The second kappa shape index (κ2) is 6.59. The predicted molar refractivity (Wildman–Crippen MR) is 76.6 cm³/mol. The predicted octanol–water partition coefficient (Wildman–Crippen LogP) is 3.81. The number of methoxy groups -OCH3 is 1. The smallest absolute Gasteiger partial charge is 0.339 e. The number of thioether (sulfide) groups is 1. The van der Waals surface area contributed by atoms with Crippen LogP contribution in [-0.4, -0.2) is 18.1 Å². The number of halogens is 1. The fourth-order valence-electron chi connectivity index (χ4n) is 1.46. The van der Waals surface area contributed by atoms with Crippen LogP contribution in [0.15, 0.2) is 47.5 Å². The van der Waals surface area contributed by atoms with Gasteiger partial charge >= 0.3 is 5.97 Å². The second-order valence-electron chi connectivity index (χ2n) is 3.75. The number of ether oxygens (including phenoxy) is 1. The van der Waals surface area contributed by atoms with Crippen LogP contribution in [0, 0.1) is 0 Å². The molecule has 2 rings (SSSR count). The third-order valence-electron chi connectivity index (χ3n) is 2.46. The molecule has 19 heavy (non-hydrogen) atoms. The molecule has 0 radical (unpaired) electrons. The molecule has 0 unspecified atom stereocenters. The maximum absolute atomic E-state index is 11.3. The minimum Gasteiger partial charge on any atom is -0.465 e. The van der Waals surface area contributed by atoms with Crippen molar-refractivity contribution in [2.24, 2.45) is 0 Å². The molecule has 0 aliphatic rings. The first kappa shape index (κ1) is 13.9. The van der Waals surface area contributed by atoms with Gasteiger partial charge in [-0.05, 0) is 24.3 Å². The van der Waals surface area contributed by atoms with Crippen molar-refractivity contribution in [2.45, 2.75) is 10.6 Å². The Morgan fingerprint density at radius 1 is 1.32 bits per heavy atom. The number of rotatable bonds is 4. The van der Waals surface area contributed by atoms with Crippen molar-refractivity contribution in [3.63, 3.8) is 0 Å². The summed E-state index contributed by atoms with van der Waals surface area (Å²) in [7, 11) is 1.35. The van der Waals surface area contributed by atoms with Crippen molar-refractivity contribution < 1.29 is 9.53 Å². The van der Waals surface area contributed by atoms with E-state index in [0.29, 0.717) is 11.3 Å². The van der Waals surface area contributed by atoms with E-state index in [1.165, 1.54) is 13.3 Å². The van der Waals surface area contributed by atoms with Crippen molar-refractivity contribution >= 4 is 29.3 Å². The summed E-state index contributed by atoms with van der Waals surface area (Å²) >= 11 is 7.68. The van der Waals surface area contributed by atoms with Gasteiger partial charge in [0, 0.05) is 16.8 Å². The highest BCUT2D eigenvalue weighted by atomic mass is 35.5. The van der Waals surface area contributed by atoms with Gasteiger partial charge in [-0.1, -0.05) is 23.7 Å². The van der Waals surface area contributed by atoms with Crippen LogP contribution >= 0.6 is 23.4 Å². The van der Waals surface area contributed by atoms with E-state index in [1.807, 2.05) is 30.3 Å². The molecule has 0 saturated carbocycles. The molecule has 1 heterocycles. The third kappa shape index (κ3) is 3.72. The minimum absolute atomic E-state index is 0.377. The molecule has 5 heteroatoms. The average Bonchev–Trinajstić information content (AvgIpc) is 2.46. The SMILES string of the molecule is COC(=O)c1ccc(CSc2ccccc2Cl)nc1. The molecule has 0 amide bonds. The summed E-state index contributed by atoms with van der Waals surface area (Å²) in [6, 6.07) is 11.2. The lowest BCUT2D eigenvalue weighted by atomic mass is 10.2. The number of aromatic nitrogens is 1. The topological polar surface area (TPSA) is 39.2 Å². The lowest BCUT2D eigenvalue weighted by molar-refractivity contribution is 0.0600. The summed E-state index contributed by atoms with van der Waals surface area (Å²) in [4.78, 5) is 16.5. The number of hydrogen-bond acceptors (Lipinski definition) is 4. The van der Waals surface area contributed by atoms with Crippen LogP contribution < -0.4 is 0 Å². The van der Waals surface area contributed by atoms with Crippen molar-refractivity contribution in [3.8, 4) is 0 Å². The fourth-order valence-corrected chi connectivity index (χ4v) is 2.62. The first-order valence-electron chi connectivity index (χ1n) is 5.61. The van der Waals surface area contributed by atoms with Crippen LogP contribution in [0.2, 0.25) is 5.02 Å². The molecule has 0 fully saturated rings. The van der Waals surface area contributed by atoms with E-state index >= 15 is 0 Å². The van der Waals surface area contributed by atoms with Gasteiger partial charge < -0.3 is 4.74 Å². The van der Waals surface area contributed by atoms with E-state index in [2.05, 4.69) is 9.72 Å². The quantitative estimate of drug-likeness (QED) is 0.635. The Kier molecular flexibility index (Phi) is 4.82. The number of nitrogens with zero attached hydrogens (tertiary/aromatic N) is 1. The van der Waals surface area contributed by atoms with Gasteiger partial charge in [-0.2, -0.15) is 0 Å². The van der Waals surface area contributed by atoms with E-state index < -0.39 is 0 Å². The number of hydrogen-bond donors (Lipinski definition) is 0. The van der Waals surface area contributed by atoms with Crippen molar-refractivity contribution in [1.82, 2.24) is 4.98 Å². The first-order chi connectivity index (χ1) is 9.20. The molecular weight excluding hydrogens is 282 g/mol. The molecule has 0 aliphatic carbocycles. The zero-order chi connectivity index (χ0) is 13.7. The van der Waals surface area contributed by atoms with Gasteiger partial charge in [-0.15, -0.1) is 11.8 Å². The summed E-state index contributed by atoms with van der Waals surface area (Å²) < 4.78 is 4.62. The molecular formula is C14H12ClNO2S. The van der Waals surface area contributed by atoms with Crippen LogP contribution in [0.25, 0.3) is 0 Å². The lowest BCUT2D eigenvalue weighted by Crippen LogP contribution is -2.02. The molecule has 0 atom stereocenters. The maximum atomic E-state index is 11.3. The Morgan fingerprint density at radius 2 is 2.11 bits per heavy atom. The number of carbonyl (C=O) groups is 1. The molecule has 0 saturated heterocycles. The van der Waals surface area contributed by atoms with Crippen LogP contribution in [0.5, 0.6) is 0 Å². The standard InChI is InChI=1S/C14H12ClNO2S/c1-18-14(17)10-6-7-11(16-8-10)9-19-13-5-3-2-4-12(13)15/h2-8H,9H2,1H3. The molecule has 0 bridgehead atoms. The van der Waals surface area contributed by atoms with E-state index in [4.69, 9.17) is 11.6 Å². The Morgan fingerprint density at radius 3 is 2.74 bits per heavy atom. The Labute approximate surface area is 121 Å². The summed E-state index contributed by atoms with van der Waals surface area (Å²) in [5.74, 6) is 0.323. The van der Waals surface area contributed by atoms with Crippen LogP contribution in [0.4, 0.5) is 0 Å². The number of pyridine rings is 1. The van der Waals surface area contributed by atoms with Gasteiger partial charge in [-0.25, -0.2) is 4.79 Å². The Bertz CT molecular complexity index is 572. The van der Waals surface area contributed by atoms with Crippen LogP contribution in [0.3, 0.4) is 0 Å². The van der Waals surface area contributed by atoms with Gasteiger partial charge in [0.25, 0.3) is 0 Å². The van der Waals surface area contributed by atoms with Crippen molar-refractivity contribution in [1.29, 1.82) is 0 Å². The van der Waals surface area contributed by atoms with E-state index in [1.54, 1.807) is 17.8 Å². The number of benzene rings is 1. The minimum atomic E-state index is -0.377. The summed E-state index contributed by atoms with van der Waals surface area (Å²) in [5, 5.41) is 0.735. The molecule has 1 aromatic heterocycles. The highest BCUT2D eigenvalue weighted by molar-refractivity contribution is 7.98. The largest absolute Gasteiger partial charge is 0.465 e. The second-order valence-corrected chi connectivity index (χ2v) is 5.17. The first-order valence-corrected chi connectivity index (χ1v) is 6.97. The van der Waals surface area contributed by atoms with Gasteiger partial charge in [0.2, 0.25) is 0 Å². The summed E-state index contributed by atoms with van der Waals surface area (Å²) in [5.41, 5.74) is 1.34. The normalized spacial score (nSPS) is 10.2. The lowest BCUT2D eigenvalue weighted by Gasteiger charge is -2.04. The Balaban J connectivity index is 2.01. The van der Waals surface area contributed by atoms with Crippen molar-refractivity contribution in [2.75, 3.05) is 7.11 Å². The monoisotopic (exact) mass is 293 g/mol. The highest BCUT2D eigenvalue weighted by Crippen LogP contribution is 2.28. The zero-order valence-corrected chi connectivity index (χ0v) is 11.9. The number of carbonyl (C=O) groups excluding carboxylic acids is 1. The highest BCUT2D eigenvalue weighted by Gasteiger charge is 2.06. The fraction of sp³-hybridized carbons (Fsp3) is 0.143. The van der Waals surface area contributed by atoms with E-state index in [-0.39, 0.29) is 5.97 Å². The molecule has 3 nitrogen and oxygen atoms in total.